The highest BCUT2D eigenvalue weighted by atomic mass is 19.4. The fourth-order valence-corrected chi connectivity index (χ4v) is 2.91. The normalized spacial score (nSPS) is 22.2. The molecule has 4 nitrogen and oxygen atoms in total. The summed E-state index contributed by atoms with van der Waals surface area (Å²) in [6.45, 7) is 0. The van der Waals surface area contributed by atoms with Crippen molar-refractivity contribution in [3.05, 3.63) is 23.5 Å². The molecule has 2 rings (SSSR count). The number of alkyl halides is 3. The first kappa shape index (κ1) is 16.6. The molecule has 0 spiro atoms. The van der Waals surface area contributed by atoms with Crippen molar-refractivity contribution in [2.75, 3.05) is 19.0 Å². The van der Waals surface area contributed by atoms with Gasteiger partial charge in [0.2, 0.25) is 0 Å². The van der Waals surface area contributed by atoms with Crippen LogP contribution in [0, 0.1) is 11.3 Å². The number of rotatable bonds is 3. The fraction of sp³-hybridized carbons (Fsp3) is 0.600. The maximum atomic E-state index is 13.0. The Morgan fingerprint density at radius 2 is 1.95 bits per heavy atom. The molecule has 120 valence electrons. The average molecular weight is 312 g/mol. The second-order valence-corrected chi connectivity index (χ2v) is 5.60. The van der Waals surface area contributed by atoms with Crippen molar-refractivity contribution < 1.29 is 13.2 Å². The van der Waals surface area contributed by atoms with Crippen LogP contribution in [0.4, 0.5) is 18.9 Å². The predicted octanol–water partition coefficient (Wildman–Crippen LogP) is 2.94. The molecular weight excluding hydrogens is 293 g/mol. The van der Waals surface area contributed by atoms with Gasteiger partial charge in [0.1, 0.15) is 6.07 Å². The molecule has 1 aliphatic rings. The Morgan fingerprint density at radius 1 is 1.32 bits per heavy atom. The van der Waals surface area contributed by atoms with Crippen LogP contribution in [0.3, 0.4) is 0 Å². The Kier molecular flexibility index (Phi) is 4.91. The molecule has 0 amide bonds. The third-order valence-corrected chi connectivity index (χ3v) is 4.34. The fourth-order valence-electron chi connectivity index (χ4n) is 2.91. The van der Waals surface area contributed by atoms with Gasteiger partial charge in [0.25, 0.3) is 0 Å². The van der Waals surface area contributed by atoms with E-state index in [9.17, 15) is 13.2 Å². The maximum Gasteiger partial charge on any atom is 0.419 e. The van der Waals surface area contributed by atoms with Crippen LogP contribution < -0.4 is 10.2 Å². The quantitative estimate of drug-likeness (QED) is 0.932. The highest BCUT2D eigenvalue weighted by Crippen LogP contribution is 2.34. The number of hydrogen-bond acceptors (Lipinski definition) is 4. The molecule has 0 saturated heterocycles. The highest BCUT2D eigenvalue weighted by molar-refractivity contribution is 5.51. The summed E-state index contributed by atoms with van der Waals surface area (Å²) in [6.07, 6.45) is 0.617. The molecule has 1 fully saturated rings. The minimum Gasteiger partial charge on any atom is -0.370 e. The summed E-state index contributed by atoms with van der Waals surface area (Å²) in [4.78, 5) is 5.52. The smallest absolute Gasteiger partial charge is 0.370 e. The SMILES string of the molecule is CNC1CCC(N(C)c2cnc(C#N)c(C(F)(F)F)c2)CC1. The topological polar surface area (TPSA) is 52.0 Å². The van der Waals surface area contributed by atoms with E-state index in [2.05, 4.69) is 10.3 Å². The zero-order valence-electron chi connectivity index (χ0n) is 12.6. The number of anilines is 1. The third-order valence-electron chi connectivity index (χ3n) is 4.34. The molecule has 0 unspecified atom stereocenters. The largest absolute Gasteiger partial charge is 0.419 e. The minimum absolute atomic E-state index is 0.195. The highest BCUT2D eigenvalue weighted by Gasteiger charge is 2.35. The van der Waals surface area contributed by atoms with Crippen molar-refractivity contribution in [2.24, 2.45) is 0 Å². The molecule has 0 atom stereocenters. The number of nitrogens with zero attached hydrogens (tertiary/aromatic N) is 3. The molecule has 1 N–H and O–H groups in total. The Bertz CT molecular complexity index is 557. The molecule has 0 radical (unpaired) electrons. The zero-order valence-corrected chi connectivity index (χ0v) is 12.6. The lowest BCUT2D eigenvalue weighted by Crippen LogP contribution is -2.40. The molecular formula is C15H19F3N4. The van der Waals surface area contributed by atoms with E-state index in [1.54, 1.807) is 7.05 Å². The first-order valence-electron chi connectivity index (χ1n) is 7.24. The first-order chi connectivity index (χ1) is 10.4. The molecule has 1 aromatic heterocycles. The van der Waals surface area contributed by atoms with Crippen molar-refractivity contribution in [3.63, 3.8) is 0 Å². The number of halogens is 3. The summed E-state index contributed by atoms with van der Waals surface area (Å²) in [6, 6.07) is 3.20. The summed E-state index contributed by atoms with van der Waals surface area (Å²) in [7, 11) is 3.71. The molecule has 1 aliphatic carbocycles. The number of pyridine rings is 1. The summed E-state index contributed by atoms with van der Waals surface area (Å²) in [5.74, 6) is 0. The standard InChI is InChI=1S/C15H19F3N4/c1-20-10-3-5-11(6-4-10)22(2)12-7-13(15(16,17)18)14(8-19)21-9-12/h7,9-11,20H,3-6H2,1-2H3. The third kappa shape index (κ3) is 3.50. The van der Waals surface area contributed by atoms with Gasteiger partial charge in [-0.3, -0.25) is 0 Å². The van der Waals surface area contributed by atoms with E-state index in [-0.39, 0.29) is 6.04 Å². The van der Waals surface area contributed by atoms with Crippen molar-refractivity contribution in [2.45, 2.75) is 43.9 Å². The van der Waals surface area contributed by atoms with Crippen LogP contribution in [0.25, 0.3) is 0 Å². The van der Waals surface area contributed by atoms with Gasteiger partial charge in [-0.25, -0.2) is 4.98 Å². The van der Waals surface area contributed by atoms with Gasteiger partial charge >= 0.3 is 6.18 Å². The van der Waals surface area contributed by atoms with Gasteiger partial charge < -0.3 is 10.2 Å². The predicted molar refractivity (Wildman–Crippen MR) is 77.5 cm³/mol. The van der Waals surface area contributed by atoms with Crippen LogP contribution in [0.15, 0.2) is 12.3 Å². The van der Waals surface area contributed by atoms with Crippen molar-refractivity contribution in [1.29, 1.82) is 5.26 Å². The summed E-state index contributed by atoms with van der Waals surface area (Å²) >= 11 is 0. The van der Waals surface area contributed by atoms with E-state index < -0.39 is 17.4 Å². The monoisotopic (exact) mass is 312 g/mol. The second-order valence-electron chi connectivity index (χ2n) is 5.60. The molecule has 1 aromatic rings. The van der Waals surface area contributed by atoms with E-state index in [0.717, 1.165) is 31.7 Å². The Morgan fingerprint density at radius 3 is 2.45 bits per heavy atom. The summed E-state index contributed by atoms with van der Waals surface area (Å²) in [5, 5.41) is 12.0. The lowest BCUT2D eigenvalue weighted by Gasteiger charge is -2.36. The molecule has 1 heterocycles. The summed E-state index contributed by atoms with van der Waals surface area (Å²) in [5.41, 5.74) is -1.15. The van der Waals surface area contributed by atoms with E-state index in [1.807, 2.05) is 11.9 Å². The molecule has 0 aromatic carbocycles. The van der Waals surface area contributed by atoms with Crippen LogP contribution in [0.2, 0.25) is 0 Å². The Hall–Kier alpha value is -1.81. The van der Waals surface area contributed by atoms with Gasteiger partial charge in [-0.2, -0.15) is 18.4 Å². The van der Waals surface area contributed by atoms with Crippen molar-refractivity contribution in [1.82, 2.24) is 10.3 Å². The van der Waals surface area contributed by atoms with Gasteiger partial charge in [-0.1, -0.05) is 0 Å². The maximum absolute atomic E-state index is 13.0. The van der Waals surface area contributed by atoms with E-state index in [1.165, 1.54) is 12.3 Å². The van der Waals surface area contributed by atoms with Crippen LogP contribution in [0.5, 0.6) is 0 Å². The van der Waals surface area contributed by atoms with Gasteiger partial charge in [0.15, 0.2) is 5.69 Å². The first-order valence-corrected chi connectivity index (χ1v) is 7.24. The van der Waals surface area contributed by atoms with Gasteiger partial charge in [-0.15, -0.1) is 0 Å². The average Bonchev–Trinajstić information content (AvgIpc) is 2.52. The number of hydrogen-bond donors (Lipinski definition) is 1. The van der Waals surface area contributed by atoms with E-state index in [4.69, 9.17) is 5.26 Å². The number of nitrogens with one attached hydrogen (secondary N) is 1. The van der Waals surface area contributed by atoms with Gasteiger partial charge in [0, 0.05) is 19.1 Å². The van der Waals surface area contributed by atoms with Gasteiger partial charge in [0.05, 0.1) is 17.4 Å². The Balaban J connectivity index is 2.21. The van der Waals surface area contributed by atoms with Crippen LogP contribution in [0.1, 0.15) is 36.9 Å². The zero-order chi connectivity index (χ0) is 16.3. The number of nitriles is 1. The van der Waals surface area contributed by atoms with E-state index in [0.29, 0.717) is 11.7 Å². The Labute approximate surface area is 127 Å². The lowest BCUT2D eigenvalue weighted by molar-refractivity contribution is -0.138. The van der Waals surface area contributed by atoms with Crippen molar-refractivity contribution in [3.8, 4) is 6.07 Å². The lowest BCUT2D eigenvalue weighted by atomic mass is 9.90. The van der Waals surface area contributed by atoms with Gasteiger partial charge in [-0.05, 0) is 38.8 Å². The molecule has 0 aliphatic heterocycles. The summed E-state index contributed by atoms with van der Waals surface area (Å²) < 4.78 is 39.0. The molecule has 0 bridgehead atoms. The minimum atomic E-state index is -4.57. The van der Waals surface area contributed by atoms with Crippen molar-refractivity contribution >= 4 is 5.69 Å². The number of aromatic nitrogens is 1. The van der Waals surface area contributed by atoms with Crippen LogP contribution in [-0.2, 0) is 6.18 Å². The molecule has 7 heteroatoms. The second kappa shape index (κ2) is 6.53. The van der Waals surface area contributed by atoms with E-state index >= 15 is 0 Å². The molecule has 1 saturated carbocycles. The van der Waals surface area contributed by atoms with Crippen LogP contribution >= 0.6 is 0 Å². The van der Waals surface area contributed by atoms with Crippen LogP contribution in [-0.4, -0.2) is 31.2 Å². The molecule has 22 heavy (non-hydrogen) atoms.